The number of fused-ring (bicyclic) bond motifs is 5. The lowest BCUT2D eigenvalue weighted by molar-refractivity contribution is -0.151. The van der Waals surface area contributed by atoms with Crippen molar-refractivity contribution in [3.05, 3.63) is 11.6 Å². The topological polar surface area (TPSA) is 70.0 Å². The van der Waals surface area contributed by atoms with Crippen LogP contribution in [0.3, 0.4) is 0 Å². The number of nitrogens with zero attached hydrogens (tertiary/aromatic N) is 1. The van der Waals surface area contributed by atoms with Crippen LogP contribution in [0.25, 0.3) is 0 Å². The second kappa shape index (κ2) is 18.9. The minimum absolute atomic E-state index is 0.0242. The van der Waals surface area contributed by atoms with Gasteiger partial charge in [0.15, 0.2) is 0 Å². The molecule has 4 rings (SSSR count). The number of hydrogen-bond acceptors (Lipinski definition) is 5. The van der Waals surface area contributed by atoms with Crippen LogP contribution in [0.5, 0.6) is 0 Å². The van der Waals surface area contributed by atoms with E-state index < -0.39 is 0 Å². The summed E-state index contributed by atoms with van der Waals surface area (Å²) in [6.45, 7) is 15.2. The SMILES string of the molecule is CC(C)CCCC(C)C1CCC2C3CC=C4CC(OC(=O)CCCCCCCCCCN(CCO)CCO)CCC4(C)C3CCC12C. The van der Waals surface area contributed by atoms with Crippen LogP contribution in [0.1, 0.15) is 163 Å². The van der Waals surface area contributed by atoms with E-state index in [1.54, 1.807) is 5.57 Å². The fraction of sp³-hybridized carbons (Fsp3) is 0.929. The third-order valence-electron chi connectivity index (χ3n) is 14.0. The van der Waals surface area contributed by atoms with Crippen molar-refractivity contribution in [1.82, 2.24) is 4.90 Å². The molecule has 0 aromatic heterocycles. The molecule has 0 amide bonds. The second-order valence-corrected chi connectivity index (χ2v) is 17.5. The van der Waals surface area contributed by atoms with Crippen LogP contribution in [0, 0.1) is 46.3 Å². The zero-order valence-corrected chi connectivity index (χ0v) is 31.5. The highest BCUT2D eigenvalue weighted by Crippen LogP contribution is 2.67. The largest absolute Gasteiger partial charge is 0.462 e. The summed E-state index contributed by atoms with van der Waals surface area (Å²) in [6, 6.07) is 0. The molecular weight excluding hydrogens is 582 g/mol. The van der Waals surface area contributed by atoms with E-state index in [1.165, 1.54) is 89.9 Å². The van der Waals surface area contributed by atoms with Crippen molar-refractivity contribution in [2.45, 2.75) is 169 Å². The Bertz CT molecular complexity index is 958. The van der Waals surface area contributed by atoms with Gasteiger partial charge < -0.3 is 14.9 Å². The van der Waals surface area contributed by atoms with Gasteiger partial charge in [-0.3, -0.25) is 9.69 Å². The van der Waals surface area contributed by atoms with Crippen LogP contribution in [0.15, 0.2) is 11.6 Å². The third-order valence-corrected chi connectivity index (χ3v) is 14.0. The highest BCUT2D eigenvalue weighted by Gasteiger charge is 2.59. The Labute approximate surface area is 290 Å². The van der Waals surface area contributed by atoms with Crippen molar-refractivity contribution in [3.8, 4) is 0 Å². The first-order valence-corrected chi connectivity index (χ1v) is 20.5. The predicted octanol–water partition coefficient (Wildman–Crippen LogP) is 9.74. The van der Waals surface area contributed by atoms with Crippen molar-refractivity contribution < 1.29 is 19.7 Å². The van der Waals surface area contributed by atoms with Crippen LogP contribution >= 0.6 is 0 Å². The molecule has 0 aliphatic heterocycles. The molecule has 0 aromatic carbocycles. The quantitative estimate of drug-likeness (QED) is 0.0731. The van der Waals surface area contributed by atoms with Crippen LogP contribution in [0.4, 0.5) is 0 Å². The maximum atomic E-state index is 12.8. The van der Waals surface area contributed by atoms with Gasteiger partial charge >= 0.3 is 5.97 Å². The van der Waals surface area contributed by atoms with E-state index in [0.717, 1.165) is 74.2 Å². The van der Waals surface area contributed by atoms with Crippen LogP contribution in [-0.4, -0.2) is 60.0 Å². The standard InChI is InChI=1S/C42H75NO4/c1-32(2)15-14-16-33(3)37-20-21-38-36-19-18-34-31-35(22-24-41(34,4)39(36)23-25-42(37,38)5)47-40(46)17-12-10-8-6-7-9-11-13-26-43(27-29-44)28-30-45/h18,32-33,35-39,44-45H,6-17,19-31H2,1-5H3. The van der Waals surface area contributed by atoms with E-state index in [2.05, 4.69) is 45.6 Å². The number of aliphatic hydroxyl groups excluding tert-OH is 2. The molecule has 8 unspecified atom stereocenters. The average molecular weight is 658 g/mol. The molecule has 5 heteroatoms. The lowest BCUT2D eigenvalue weighted by Gasteiger charge is -2.58. The fourth-order valence-corrected chi connectivity index (χ4v) is 11.3. The predicted molar refractivity (Wildman–Crippen MR) is 195 cm³/mol. The summed E-state index contributed by atoms with van der Waals surface area (Å²) < 4.78 is 6.10. The molecule has 5 nitrogen and oxygen atoms in total. The van der Waals surface area contributed by atoms with Gasteiger partial charge in [-0.15, -0.1) is 0 Å². The molecule has 4 aliphatic rings. The Morgan fingerprint density at radius 2 is 1.51 bits per heavy atom. The first-order chi connectivity index (χ1) is 22.6. The number of aliphatic hydroxyl groups is 2. The van der Waals surface area contributed by atoms with Crippen molar-refractivity contribution in [2.24, 2.45) is 46.3 Å². The van der Waals surface area contributed by atoms with Gasteiger partial charge in [-0.25, -0.2) is 0 Å². The Kier molecular flexibility index (Phi) is 15.6. The minimum atomic E-state index is 0.0242. The molecule has 2 N–H and O–H groups in total. The van der Waals surface area contributed by atoms with Crippen LogP contribution in [-0.2, 0) is 9.53 Å². The van der Waals surface area contributed by atoms with Crippen LogP contribution in [0.2, 0.25) is 0 Å². The van der Waals surface area contributed by atoms with Crippen molar-refractivity contribution in [3.63, 3.8) is 0 Å². The molecule has 0 aromatic rings. The number of carbonyl (C=O) groups excluding carboxylic acids is 1. The number of unbranched alkanes of at least 4 members (excludes halogenated alkanes) is 7. The molecule has 0 heterocycles. The Morgan fingerprint density at radius 1 is 0.830 bits per heavy atom. The zero-order chi connectivity index (χ0) is 33.9. The number of hydrogen-bond donors (Lipinski definition) is 2. The maximum Gasteiger partial charge on any atom is 0.306 e. The van der Waals surface area contributed by atoms with Gasteiger partial charge in [-0.05, 0) is 111 Å². The molecule has 0 bridgehead atoms. The number of carbonyl (C=O) groups is 1. The van der Waals surface area contributed by atoms with Gasteiger partial charge in [0.2, 0.25) is 0 Å². The van der Waals surface area contributed by atoms with E-state index in [9.17, 15) is 4.79 Å². The highest BCUT2D eigenvalue weighted by molar-refractivity contribution is 5.69. The first kappa shape index (κ1) is 38.9. The van der Waals surface area contributed by atoms with Gasteiger partial charge in [0.05, 0.1) is 13.2 Å². The molecule has 272 valence electrons. The van der Waals surface area contributed by atoms with E-state index >= 15 is 0 Å². The Balaban J connectivity index is 1.13. The summed E-state index contributed by atoms with van der Waals surface area (Å²) in [5, 5.41) is 18.3. The third kappa shape index (κ3) is 10.3. The van der Waals surface area contributed by atoms with Gasteiger partial charge in [-0.2, -0.15) is 0 Å². The normalized spacial score (nSPS) is 32.5. The monoisotopic (exact) mass is 658 g/mol. The highest BCUT2D eigenvalue weighted by atomic mass is 16.5. The second-order valence-electron chi connectivity index (χ2n) is 17.5. The zero-order valence-electron chi connectivity index (χ0n) is 31.5. The van der Waals surface area contributed by atoms with Crippen molar-refractivity contribution in [1.29, 1.82) is 0 Å². The molecular formula is C42H75NO4. The molecule has 0 spiro atoms. The lowest BCUT2D eigenvalue weighted by Crippen LogP contribution is -2.51. The molecule has 0 saturated heterocycles. The van der Waals surface area contributed by atoms with E-state index in [-0.39, 0.29) is 25.3 Å². The minimum Gasteiger partial charge on any atom is -0.462 e. The molecule has 8 atom stereocenters. The maximum absolute atomic E-state index is 12.8. The van der Waals surface area contributed by atoms with Gasteiger partial charge in [-0.1, -0.05) is 104 Å². The number of ether oxygens (including phenoxy) is 1. The van der Waals surface area contributed by atoms with Crippen molar-refractivity contribution >= 4 is 5.97 Å². The molecule has 4 aliphatic carbocycles. The Morgan fingerprint density at radius 3 is 2.19 bits per heavy atom. The molecule has 0 radical (unpaired) electrons. The fourth-order valence-electron chi connectivity index (χ4n) is 11.3. The van der Waals surface area contributed by atoms with Gasteiger partial charge in [0.25, 0.3) is 0 Å². The summed E-state index contributed by atoms with van der Waals surface area (Å²) in [6.07, 6.45) is 27.0. The van der Waals surface area contributed by atoms with E-state index in [4.69, 9.17) is 14.9 Å². The number of rotatable bonds is 21. The van der Waals surface area contributed by atoms with Crippen molar-refractivity contribution in [2.75, 3.05) is 32.8 Å². The summed E-state index contributed by atoms with van der Waals surface area (Å²) >= 11 is 0. The molecule has 3 fully saturated rings. The Hall–Kier alpha value is -0.910. The van der Waals surface area contributed by atoms with E-state index in [1.807, 2.05) is 0 Å². The van der Waals surface area contributed by atoms with Gasteiger partial charge in [0, 0.05) is 25.9 Å². The summed E-state index contributed by atoms with van der Waals surface area (Å²) in [5.41, 5.74) is 2.47. The first-order valence-electron chi connectivity index (χ1n) is 20.5. The molecule has 47 heavy (non-hydrogen) atoms. The number of esters is 1. The molecule has 3 saturated carbocycles. The van der Waals surface area contributed by atoms with E-state index in [0.29, 0.717) is 30.3 Å². The summed E-state index contributed by atoms with van der Waals surface area (Å²) in [7, 11) is 0. The smallest absolute Gasteiger partial charge is 0.306 e. The lowest BCUT2D eigenvalue weighted by atomic mass is 9.47. The van der Waals surface area contributed by atoms with Gasteiger partial charge in [0.1, 0.15) is 6.10 Å². The average Bonchev–Trinajstić information content (AvgIpc) is 3.39. The van der Waals surface area contributed by atoms with Crippen LogP contribution < -0.4 is 0 Å². The summed E-state index contributed by atoms with van der Waals surface area (Å²) in [4.78, 5) is 14.9. The summed E-state index contributed by atoms with van der Waals surface area (Å²) in [5.74, 6) is 5.20. The number of allylic oxidation sites excluding steroid dienone is 1.